The SMILES string of the molecule is COc1cc(C)c(Br)c(C2(C(=O)O)CCCC2)c1OC. The van der Waals surface area contributed by atoms with Crippen molar-refractivity contribution < 1.29 is 19.4 Å². The average molecular weight is 343 g/mol. The summed E-state index contributed by atoms with van der Waals surface area (Å²) in [5.41, 5.74) is 0.774. The van der Waals surface area contributed by atoms with E-state index in [1.807, 2.05) is 13.0 Å². The molecule has 0 bridgehead atoms. The summed E-state index contributed by atoms with van der Waals surface area (Å²) >= 11 is 3.55. The van der Waals surface area contributed by atoms with Gasteiger partial charge in [0.2, 0.25) is 0 Å². The van der Waals surface area contributed by atoms with Crippen molar-refractivity contribution in [1.29, 1.82) is 0 Å². The summed E-state index contributed by atoms with van der Waals surface area (Å²) in [5, 5.41) is 9.80. The second kappa shape index (κ2) is 5.64. The summed E-state index contributed by atoms with van der Waals surface area (Å²) in [6, 6.07) is 1.86. The predicted octanol–water partition coefficient (Wildman–Crippen LogP) is 3.67. The molecule has 1 fully saturated rings. The van der Waals surface area contributed by atoms with Gasteiger partial charge < -0.3 is 14.6 Å². The minimum atomic E-state index is -0.885. The number of hydrogen-bond acceptors (Lipinski definition) is 3. The Morgan fingerprint density at radius 2 is 1.90 bits per heavy atom. The van der Waals surface area contributed by atoms with E-state index in [0.29, 0.717) is 29.9 Å². The predicted molar refractivity (Wildman–Crippen MR) is 79.8 cm³/mol. The number of aliphatic carboxylic acids is 1. The molecule has 110 valence electrons. The third kappa shape index (κ3) is 2.18. The third-order valence-electron chi connectivity index (χ3n) is 4.13. The van der Waals surface area contributed by atoms with Gasteiger partial charge in [0.25, 0.3) is 0 Å². The van der Waals surface area contributed by atoms with Gasteiger partial charge in [-0.3, -0.25) is 4.79 Å². The zero-order valence-electron chi connectivity index (χ0n) is 12.0. The summed E-state index contributed by atoms with van der Waals surface area (Å²) in [6.07, 6.45) is 3.09. The number of benzene rings is 1. The number of hydrogen-bond donors (Lipinski definition) is 1. The van der Waals surface area contributed by atoms with Crippen LogP contribution in [0.4, 0.5) is 0 Å². The van der Waals surface area contributed by atoms with Crippen molar-refractivity contribution in [3.05, 3.63) is 21.7 Å². The van der Waals surface area contributed by atoms with Gasteiger partial charge >= 0.3 is 5.97 Å². The zero-order valence-corrected chi connectivity index (χ0v) is 13.5. The smallest absolute Gasteiger partial charge is 0.314 e. The van der Waals surface area contributed by atoms with Crippen LogP contribution >= 0.6 is 15.9 Å². The Morgan fingerprint density at radius 3 is 2.35 bits per heavy atom. The number of carboxylic acid groups (broad SMARTS) is 1. The van der Waals surface area contributed by atoms with Gasteiger partial charge in [0.15, 0.2) is 11.5 Å². The van der Waals surface area contributed by atoms with E-state index in [9.17, 15) is 9.90 Å². The Bertz CT molecular complexity index is 533. The van der Waals surface area contributed by atoms with Crippen LogP contribution in [0.3, 0.4) is 0 Å². The molecular formula is C15H19BrO4. The summed E-state index contributed by atoms with van der Waals surface area (Å²) in [4.78, 5) is 11.9. The van der Waals surface area contributed by atoms with Crippen molar-refractivity contribution in [2.75, 3.05) is 14.2 Å². The fourth-order valence-corrected chi connectivity index (χ4v) is 3.75. The van der Waals surface area contributed by atoms with Crippen molar-refractivity contribution in [2.24, 2.45) is 0 Å². The van der Waals surface area contributed by atoms with Crippen molar-refractivity contribution >= 4 is 21.9 Å². The molecule has 0 heterocycles. The van der Waals surface area contributed by atoms with Crippen molar-refractivity contribution in [3.63, 3.8) is 0 Å². The lowest BCUT2D eigenvalue weighted by Crippen LogP contribution is -2.33. The lowest BCUT2D eigenvalue weighted by Gasteiger charge is -2.29. The normalized spacial score (nSPS) is 17.0. The van der Waals surface area contributed by atoms with Crippen molar-refractivity contribution in [2.45, 2.75) is 38.0 Å². The molecule has 20 heavy (non-hydrogen) atoms. The second-order valence-electron chi connectivity index (χ2n) is 5.21. The number of methoxy groups -OCH3 is 2. The van der Waals surface area contributed by atoms with E-state index < -0.39 is 11.4 Å². The zero-order chi connectivity index (χ0) is 14.9. The van der Waals surface area contributed by atoms with E-state index in [1.54, 1.807) is 14.2 Å². The first-order chi connectivity index (χ1) is 9.47. The summed E-state index contributed by atoms with van der Waals surface area (Å²) < 4.78 is 11.6. The molecule has 1 saturated carbocycles. The quantitative estimate of drug-likeness (QED) is 0.906. The van der Waals surface area contributed by atoms with Gasteiger partial charge in [0.1, 0.15) is 0 Å². The number of carbonyl (C=O) groups is 1. The summed E-state index contributed by atoms with van der Waals surface area (Å²) in [6.45, 7) is 1.93. The molecule has 1 aliphatic rings. The summed E-state index contributed by atoms with van der Waals surface area (Å²) in [5.74, 6) is 0.312. The van der Waals surface area contributed by atoms with Gasteiger partial charge in [-0.25, -0.2) is 0 Å². The number of aryl methyl sites for hydroxylation is 1. The molecule has 2 rings (SSSR count). The Morgan fingerprint density at radius 1 is 1.30 bits per heavy atom. The summed E-state index contributed by atoms with van der Waals surface area (Å²) in [7, 11) is 3.12. The number of rotatable bonds is 4. The van der Waals surface area contributed by atoms with Crippen molar-refractivity contribution in [1.82, 2.24) is 0 Å². The van der Waals surface area contributed by atoms with E-state index in [4.69, 9.17) is 9.47 Å². The second-order valence-corrected chi connectivity index (χ2v) is 6.01. The molecule has 0 spiro atoms. The van der Waals surface area contributed by atoms with Crippen LogP contribution in [-0.4, -0.2) is 25.3 Å². The van der Waals surface area contributed by atoms with Crippen LogP contribution in [0, 0.1) is 6.92 Å². The highest BCUT2D eigenvalue weighted by molar-refractivity contribution is 9.10. The highest BCUT2D eigenvalue weighted by atomic mass is 79.9. The molecule has 0 aromatic heterocycles. The van der Waals surface area contributed by atoms with Gasteiger partial charge in [-0.1, -0.05) is 28.8 Å². The molecule has 1 aromatic rings. The number of halogens is 1. The first-order valence-corrected chi connectivity index (χ1v) is 7.42. The average Bonchev–Trinajstić information content (AvgIpc) is 2.91. The van der Waals surface area contributed by atoms with Crippen LogP contribution in [0.25, 0.3) is 0 Å². The highest BCUT2D eigenvalue weighted by Gasteiger charge is 2.47. The number of ether oxygens (including phenoxy) is 2. The van der Waals surface area contributed by atoms with Gasteiger partial charge in [-0.05, 0) is 31.4 Å². The Labute approximate surface area is 127 Å². The Balaban J connectivity index is 2.77. The van der Waals surface area contributed by atoms with Crippen LogP contribution in [-0.2, 0) is 10.2 Å². The Hall–Kier alpha value is -1.23. The monoisotopic (exact) mass is 342 g/mol. The minimum Gasteiger partial charge on any atom is -0.493 e. The fourth-order valence-electron chi connectivity index (χ4n) is 3.08. The van der Waals surface area contributed by atoms with E-state index in [-0.39, 0.29) is 0 Å². The van der Waals surface area contributed by atoms with E-state index in [0.717, 1.165) is 22.9 Å². The molecule has 0 unspecified atom stereocenters. The van der Waals surface area contributed by atoms with Crippen LogP contribution in [0.2, 0.25) is 0 Å². The minimum absolute atomic E-state index is 0.522. The molecule has 0 radical (unpaired) electrons. The lowest BCUT2D eigenvalue weighted by molar-refractivity contribution is -0.143. The Kier molecular flexibility index (Phi) is 4.28. The van der Waals surface area contributed by atoms with Gasteiger partial charge in [0, 0.05) is 10.0 Å². The standard InChI is InChI=1S/C15H19BrO4/c1-9-8-10(19-2)13(20-3)11(12(9)16)15(14(17)18)6-4-5-7-15/h8H,4-7H2,1-3H3,(H,17,18). The maximum absolute atomic E-state index is 11.9. The van der Waals surface area contributed by atoms with Gasteiger partial charge in [-0.15, -0.1) is 0 Å². The molecule has 1 aromatic carbocycles. The lowest BCUT2D eigenvalue weighted by atomic mass is 9.77. The molecule has 1 N–H and O–H groups in total. The molecule has 0 amide bonds. The largest absolute Gasteiger partial charge is 0.493 e. The molecule has 1 aliphatic carbocycles. The third-order valence-corrected chi connectivity index (χ3v) is 5.16. The molecule has 4 nitrogen and oxygen atoms in total. The van der Waals surface area contributed by atoms with Crippen LogP contribution in [0.15, 0.2) is 10.5 Å². The fraction of sp³-hybridized carbons (Fsp3) is 0.533. The molecular weight excluding hydrogens is 324 g/mol. The van der Waals surface area contributed by atoms with E-state index in [1.165, 1.54) is 0 Å². The molecule has 0 saturated heterocycles. The molecule has 5 heteroatoms. The van der Waals surface area contributed by atoms with Crippen LogP contribution in [0.1, 0.15) is 36.8 Å². The van der Waals surface area contributed by atoms with Gasteiger partial charge in [0.05, 0.1) is 19.6 Å². The number of carboxylic acids is 1. The first kappa shape index (κ1) is 15.2. The maximum atomic E-state index is 11.9. The van der Waals surface area contributed by atoms with E-state index in [2.05, 4.69) is 15.9 Å². The first-order valence-electron chi connectivity index (χ1n) is 6.63. The van der Waals surface area contributed by atoms with Gasteiger partial charge in [-0.2, -0.15) is 0 Å². The van der Waals surface area contributed by atoms with E-state index >= 15 is 0 Å². The molecule has 0 aliphatic heterocycles. The maximum Gasteiger partial charge on any atom is 0.314 e. The van der Waals surface area contributed by atoms with Crippen molar-refractivity contribution in [3.8, 4) is 11.5 Å². The highest BCUT2D eigenvalue weighted by Crippen LogP contribution is 2.51. The topological polar surface area (TPSA) is 55.8 Å². The molecule has 0 atom stereocenters. The van der Waals surface area contributed by atoms with Crippen LogP contribution in [0.5, 0.6) is 11.5 Å². The van der Waals surface area contributed by atoms with Crippen LogP contribution < -0.4 is 9.47 Å².